The maximum Gasteiger partial charge on any atom is 0.314 e. The number of hydrogen-bond acceptors (Lipinski definition) is 4. The van der Waals surface area contributed by atoms with Crippen molar-refractivity contribution in [1.29, 1.82) is 0 Å². The molecule has 28 heavy (non-hydrogen) atoms. The Morgan fingerprint density at radius 2 is 1.79 bits per heavy atom. The molecule has 1 aliphatic carbocycles. The summed E-state index contributed by atoms with van der Waals surface area (Å²) in [6.45, 7) is 9.92. The van der Waals surface area contributed by atoms with Crippen LogP contribution in [0.3, 0.4) is 0 Å². The summed E-state index contributed by atoms with van der Waals surface area (Å²) in [7, 11) is 0. The largest absolute Gasteiger partial charge is 0.430 e. The van der Waals surface area contributed by atoms with E-state index < -0.39 is 0 Å². The van der Waals surface area contributed by atoms with Crippen molar-refractivity contribution in [2.75, 3.05) is 0 Å². The quantitative estimate of drug-likeness (QED) is 0.545. The van der Waals surface area contributed by atoms with Crippen LogP contribution in [-0.2, 0) is 31.9 Å². The molecule has 4 nitrogen and oxygen atoms in total. The molecule has 0 amide bonds. The molecule has 2 heterocycles. The number of ketones is 1. The van der Waals surface area contributed by atoms with E-state index in [1.165, 1.54) is 11.6 Å². The van der Waals surface area contributed by atoms with Crippen LogP contribution in [0.15, 0.2) is 30.5 Å². The number of aryl methyl sites for hydroxylation is 3. The van der Waals surface area contributed by atoms with Crippen LogP contribution in [0.5, 0.6) is 0 Å². The SMILES string of the molecule is C=CCC(=O)OC1=C(c2c(CC)cc(C)cc2CC)C(=O)[C@@H]2[C@H]1[C@H]1CC[C@@H]2O1. The predicted octanol–water partition coefficient (Wildman–Crippen LogP) is 4.33. The van der Waals surface area contributed by atoms with Crippen LogP contribution < -0.4 is 0 Å². The minimum absolute atomic E-state index is 0.0245. The summed E-state index contributed by atoms with van der Waals surface area (Å²) in [6.07, 6.45) is 5.08. The number of benzene rings is 1. The lowest BCUT2D eigenvalue weighted by Crippen LogP contribution is -2.29. The number of esters is 1. The molecule has 0 aromatic heterocycles. The van der Waals surface area contributed by atoms with Gasteiger partial charge in [-0.25, -0.2) is 0 Å². The van der Waals surface area contributed by atoms with Crippen LogP contribution in [0.4, 0.5) is 0 Å². The summed E-state index contributed by atoms with van der Waals surface area (Å²) >= 11 is 0. The lowest BCUT2D eigenvalue weighted by Gasteiger charge is -2.21. The summed E-state index contributed by atoms with van der Waals surface area (Å²) in [5.74, 6) is -0.0715. The maximum atomic E-state index is 13.6. The third-order valence-electron chi connectivity index (χ3n) is 6.36. The van der Waals surface area contributed by atoms with Crippen LogP contribution >= 0.6 is 0 Å². The van der Waals surface area contributed by atoms with Crippen LogP contribution in [-0.4, -0.2) is 24.0 Å². The minimum Gasteiger partial charge on any atom is -0.430 e. The average Bonchev–Trinajstić information content (AvgIpc) is 3.35. The van der Waals surface area contributed by atoms with E-state index in [4.69, 9.17) is 9.47 Å². The average molecular weight is 380 g/mol. The van der Waals surface area contributed by atoms with E-state index in [1.807, 2.05) is 0 Å². The molecule has 2 saturated heterocycles. The molecular formula is C24H28O4. The zero-order chi connectivity index (χ0) is 20.0. The number of hydrogen-bond donors (Lipinski definition) is 0. The van der Waals surface area contributed by atoms with Crippen molar-refractivity contribution >= 4 is 17.3 Å². The molecule has 1 aromatic rings. The zero-order valence-electron chi connectivity index (χ0n) is 16.9. The number of rotatable bonds is 6. The molecule has 0 radical (unpaired) electrons. The van der Waals surface area contributed by atoms with E-state index in [2.05, 4.69) is 39.5 Å². The summed E-state index contributed by atoms with van der Waals surface area (Å²) in [4.78, 5) is 26.0. The van der Waals surface area contributed by atoms with Gasteiger partial charge in [0.1, 0.15) is 5.76 Å². The second kappa shape index (κ2) is 7.32. The molecule has 4 atom stereocenters. The van der Waals surface area contributed by atoms with Crippen LogP contribution in [0.25, 0.3) is 5.57 Å². The third-order valence-corrected chi connectivity index (χ3v) is 6.36. The Kier molecular flexibility index (Phi) is 5.00. The highest BCUT2D eigenvalue weighted by Crippen LogP contribution is 2.55. The van der Waals surface area contributed by atoms with Crippen LogP contribution in [0.1, 0.15) is 55.4 Å². The Balaban J connectivity index is 1.91. The van der Waals surface area contributed by atoms with E-state index >= 15 is 0 Å². The number of carbonyl (C=O) groups excluding carboxylic acids is 2. The van der Waals surface area contributed by atoms with E-state index in [1.54, 1.807) is 0 Å². The highest BCUT2D eigenvalue weighted by Gasteiger charge is 2.60. The van der Waals surface area contributed by atoms with Crippen LogP contribution in [0, 0.1) is 18.8 Å². The lowest BCUT2D eigenvalue weighted by atomic mass is 9.80. The molecular weight excluding hydrogens is 352 g/mol. The molecule has 1 aromatic carbocycles. The molecule has 2 fully saturated rings. The summed E-state index contributed by atoms with van der Waals surface area (Å²) in [5.41, 5.74) is 5.09. The monoisotopic (exact) mass is 380 g/mol. The Bertz CT molecular complexity index is 854. The third kappa shape index (κ3) is 2.86. The molecule has 148 valence electrons. The van der Waals surface area contributed by atoms with E-state index in [0.717, 1.165) is 42.4 Å². The van der Waals surface area contributed by atoms with Gasteiger partial charge in [-0.2, -0.15) is 0 Å². The standard InChI is InChI=1S/C24H28O4/c1-5-8-18(25)28-24-21-17-10-9-16(27-17)20(21)23(26)22(24)19-14(6-2)11-13(4)12-15(19)7-3/h5,11-12,16-17,20-21H,1,6-10H2,2-4H3/t16-,17+,20-,21+/m0/s1. The van der Waals surface area contributed by atoms with Gasteiger partial charge in [-0.1, -0.05) is 37.6 Å². The zero-order valence-corrected chi connectivity index (χ0v) is 16.9. The molecule has 2 aliphatic heterocycles. The van der Waals surface area contributed by atoms with Gasteiger partial charge in [0.2, 0.25) is 0 Å². The highest BCUT2D eigenvalue weighted by atomic mass is 16.5. The minimum atomic E-state index is -0.359. The van der Waals surface area contributed by atoms with Gasteiger partial charge in [-0.3, -0.25) is 9.59 Å². The lowest BCUT2D eigenvalue weighted by molar-refractivity contribution is -0.139. The van der Waals surface area contributed by atoms with Crippen molar-refractivity contribution in [3.63, 3.8) is 0 Å². The van der Waals surface area contributed by atoms with Gasteiger partial charge < -0.3 is 9.47 Å². The fourth-order valence-electron chi connectivity index (χ4n) is 5.27. The highest BCUT2D eigenvalue weighted by molar-refractivity contribution is 6.26. The molecule has 0 N–H and O–H groups in total. The second-order valence-corrected chi connectivity index (χ2v) is 8.08. The number of carbonyl (C=O) groups is 2. The van der Waals surface area contributed by atoms with E-state index in [0.29, 0.717) is 11.3 Å². The molecule has 4 rings (SSSR count). The number of allylic oxidation sites excluding steroid dienone is 1. The van der Waals surface area contributed by atoms with Crippen molar-refractivity contribution < 1.29 is 19.1 Å². The van der Waals surface area contributed by atoms with Crippen molar-refractivity contribution in [3.8, 4) is 0 Å². The summed E-state index contributed by atoms with van der Waals surface area (Å²) in [5, 5.41) is 0. The van der Waals surface area contributed by atoms with Crippen molar-refractivity contribution in [2.45, 2.75) is 65.1 Å². The van der Waals surface area contributed by atoms with Gasteiger partial charge in [-0.15, -0.1) is 6.58 Å². The Morgan fingerprint density at radius 1 is 1.18 bits per heavy atom. The predicted molar refractivity (Wildman–Crippen MR) is 108 cm³/mol. The first kappa shape index (κ1) is 19.1. The normalized spacial score (nSPS) is 28.0. The summed E-state index contributed by atoms with van der Waals surface area (Å²) in [6, 6.07) is 4.30. The Morgan fingerprint density at radius 3 is 2.36 bits per heavy atom. The fraction of sp³-hybridized carbons (Fsp3) is 0.500. The van der Waals surface area contributed by atoms with E-state index in [9.17, 15) is 9.59 Å². The Labute approximate surface area is 166 Å². The van der Waals surface area contributed by atoms with Gasteiger partial charge in [0.05, 0.1) is 36.0 Å². The molecule has 3 aliphatic rings. The molecule has 4 heteroatoms. The topological polar surface area (TPSA) is 52.6 Å². The number of Topliss-reactive ketones (excluding diaryl/α,β-unsaturated/α-hetero) is 1. The van der Waals surface area contributed by atoms with Crippen molar-refractivity contribution in [3.05, 3.63) is 52.8 Å². The molecule has 0 unspecified atom stereocenters. The molecule has 0 spiro atoms. The first-order valence-electron chi connectivity index (χ1n) is 10.4. The van der Waals surface area contributed by atoms with E-state index in [-0.39, 0.29) is 42.2 Å². The van der Waals surface area contributed by atoms with Gasteiger partial charge in [0.15, 0.2) is 5.78 Å². The maximum absolute atomic E-state index is 13.6. The van der Waals surface area contributed by atoms with Crippen molar-refractivity contribution in [1.82, 2.24) is 0 Å². The van der Waals surface area contributed by atoms with Crippen molar-refractivity contribution in [2.24, 2.45) is 11.8 Å². The molecule has 2 bridgehead atoms. The first-order chi connectivity index (χ1) is 13.5. The Hall–Kier alpha value is -2.20. The first-order valence-corrected chi connectivity index (χ1v) is 10.4. The molecule has 0 saturated carbocycles. The van der Waals surface area contributed by atoms with Gasteiger partial charge in [0, 0.05) is 0 Å². The second-order valence-electron chi connectivity index (χ2n) is 8.08. The summed E-state index contributed by atoms with van der Waals surface area (Å²) < 4.78 is 11.9. The number of ether oxygens (including phenoxy) is 2. The fourth-order valence-corrected chi connectivity index (χ4v) is 5.27. The number of fused-ring (bicyclic) bond motifs is 5. The van der Waals surface area contributed by atoms with Crippen LogP contribution in [0.2, 0.25) is 0 Å². The van der Waals surface area contributed by atoms with Gasteiger partial charge in [-0.05, 0) is 49.3 Å². The van der Waals surface area contributed by atoms with Gasteiger partial charge in [0.25, 0.3) is 0 Å². The van der Waals surface area contributed by atoms with Gasteiger partial charge >= 0.3 is 5.97 Å². The smallest absolute Gasteiger partial charge is 0.314 e.